The number of hydrogen-bond donors (Lipinski definition) is 0. The molecule has 1 aliphatic rings. The maximum absolute atomic E-state index is 13.9. The fourth-order valence-corrected chi connectivity index (χ4v) is 3.41. The smallest absolute Gasteiger partial charge is 0.257 e. The summed E-state index contributed by atoms with van der Waals surface area (Å²) in [5.74, 6) is 1.33. The summed E-state index contributed by atoms with van der Waals surface area (Å²) in [7, 11) is 0. The van der Waals surface area contributed by atoms with Crippen LogP contribution in [0.5, 0.6) is 0 Å². The van der Waals surface area contributed by atoms with Crippen LogP contribution in [0.15, 0.2) is 30.9 Å². The van der Waals surface area contributed by atoms with Gasteiger partial charge in [-0.05, 0) is 26.8 Å². The molecule has 0 unspecified atom stereocenters. The third-order valence-corrected chi connectivity index (χ3v) is 5.20. The van der Waals surface area contributed by atoms with Crippen molar-refractivity contribution in [1.82, 2.24) is 29.4 Å². The molecular formula is C20H22FN7O. The zero-order chi connectivity index (χ0) is 20.5. The summed E-state index contributed by atoms with van der Waals surface area (Å²) in [4.78, 5) is 33.5. The Morgan fingerprint density at radius 3 is 2.45 bits per heavy atom. The van der Waals surface area contributed by atoms with Gasteiger partial charge in [0.25, 0.3) is 5.91 Å². The molecule has 4 rings (SSSR count). The minimum absolute atomic E-state index is 0.0552. The van der Waals surface area contributed by atoms with E-state index in [1.54, 1.807) is 11.2 Å². The first kappa shape index (κ1) is 19.0. The van der Waals surface area contributed by atoms with Gasteiger partial charge in [-0.3, -0.25) is 14.3 Å². The van der Waals surface area contributed by atoms with Gasteiger partial charge in [0.2, 0.25) is 0 Å². The molecule has 0 saturated carbocycles. The van der Waals surface area contributed by atoms with Crippen LogP contribution in [0.2, 0.25) is 0 Å². The molecule has 150 valence electrons. The van der Waals surface area contributed by atoms with Crippen molar-refractivity contribution in [3.05, 3.63) is 59.4 Å². The molecule has 0 bridgehead atoms. The zero-order valence-electron chi connectivity index (χ0n) is 16.6. The van der Waals surface area contributed by atoms with Gasteiger partial charge < -0.3 is 9.80 Å². The highest BCUT2D eigenvalue weighted by Crippen LogP contribution is 2.20. The number of amides is 1. The average Bonchev–Trinajstić information content (AvgIpc) is 3.06. The molecule has 0 aromatic carbocycles. The van der Waals surface area contributed by atoms with Gasteiger partial charge in [-0.25, -0.2) is 19.3 Å². The van der Waals surface area contributed by atoms with Crippen molar-refractivity contribution in [3.63, 3.8) is 0 Å². The molecule has 1 saturated heterocycles. The molecule has 0 N–H and O–H groups in total. The first-order valence-corrected chi connectivity index (χ1v) is 9.44. The zero-order valence-corrected chi connectivity index (χ0v) is 16.6. The number of rotatable bonds is 3. The van der Waals surface area contributed by atoms with Crippen LogP contribution in [0.25, 0.3) is 5.82 Å². The Bertz CT molecular complexity index is 1060. The lowest BCUT2D eigenvalue weighted by Gasteiger charge is -2.35. The predicted octanol–water partition coefficient (Wildman–Crippen LogP) is 2.08. The highest BCUT2D eigenvalue weighted by Gasteiger charge is 2.25. The van der Waals surface area contributed by atoms with Crippen LogP contribution in [-0.2, 0) is 0 Å². The summed E-state index contributed by atoms with van der Waals surface area (Å²) in [5, 5.41) is 0. The summed E-state index contributed by atoms with van der Waals surface area (Å²) >= 11 is 0. The molecule has 9 heteroatoms. The minimum atomic E-state index is -0.595. The lowest BCUT2D eigenvalue weighted by molar-refractivity contribution is 0.0741. The molecule has 0 atom stereocenters. The number of pyridine rings is 1. The second-order valence-corrected chi connectivity index (χ2v) is 7.05. The largest absolute Gasteiger partial charge is 0.353 e. The number of aromatic nitrogens is 5. The number of carbonyl (C=O) groups excluding carboxylic acids is 1. The second kappa shape index (κ2) is 7.57. The molecule has 29 heavy (non-hydrogen) atoms. The van der Waals surface area contributed by atoms with E-state index in [-0.39, 0.29) is 11.5 Å². The Kier molecular flexibility index (Phi) is 4.96. The quantitative estimate of drug-likeness (QED) is 0.676. The Balaban J connectivity index is 1.51. The molecule has 3 aromatic rings. The fraction of sp³-hybridized carbons (Fsp3) is 0.350. The van der Waals surface area contributed by atoms with Crippen LogP contribution in [-0.4, -0.2) is 61.5 Å². The van der Waals surface area contributed by atoms with Crippen molar-refractivity contribution in [3.8, 4) is 5.82 Å². The topological polar surface area (TPSA) is 80.0 Å². The van der Waals surface area contributed by atoms with E-state index in [9.17, 15) is 9.18 Å². The normalized spacial score (nSPS) is 14.3. The number of imidazole rings is 1. The van der Waals surface area contributed by atoms with Gasteiger partial charge in [-0.2, -0.15) is 0 Å². The summed E-state index contributed by atoms with van der Waals surface area (Å²) in [6, 6.07) is 3.35. The van der Waals surface area contributed by atoms with E-state index in [0.717, 1.165) is 29.2 Å². The lowest BCUT2D eigenvalue weighted by atomic mass is 10.2. The third-order valence-electron chi connectivity index (χ3n) is 5.20. The standard InChI is InChI=1S/C20H22FN7O/c1-13-14(2)28(12-23-13)19-10-18(24-15(3)25-19)26-6-8-27(9-7-26)20(29)16-4-5-22-11-17(16)21/h4-5,10-12H,6-9H2,1-3H3. The predicted molar refractivity (Wildman–Crippen MR) is 106 cm³/mol. The molecule has 4 heterocycles. The molecule has 8 nitrogen and oxygen atoms in total. The van der Waals surface area contributed by atoms with Gasteiger partial charge in [0.15, 0.2) is 5.82 Å². The SMILES string of the molecule is Cc1nc(N2CCN(C(=O)c3ccncc3F)CC2)cc(-n2cnc(C)c2C)n1. The van der Waals surface area contributed by atoms with Crippen molar-refractivity contribution < 1.29 is 9.18 Å². The van der Waals surface area contributed by atoms with Crippen LogP contribution in [0.3, 0.4) is 0 Å². The molecule has 1 aliphatic heterocycles. The minimum Gasteiger partial charge on any atom is -0.353 e. The number of aryl methyl sites for hydroxylation is 2. The van der Waals surface area contributed by atoms with Crippen LogP contribution >= 0.6 is 0 Å². The van der Waals surface area contributed by atoms with E-state index in [1.165, 1.54) is 12.3 Å². The van der Waals surface area contributed by atoms with E-state index >= 15 is 0 Å². The van der Waals surface area contributed by atoms with Gasteiger partial charge in [0.05, 0.1) is 17.5 Å². The monoisotopic (exact) mass is 395 g/mol. The summed E-state index contributed by atoms with van der Waals surface area (Å²) in [6.45, 7) is 8.01. The summed E-state index contributed by atoms with van der Waals surface area (Å²) < 4.78 is 15.8. The van der Waals surface area contributed by atoms with Crippen LogP contribution < -0.4 is 4.90 Å². The van der Waals surface area contributed by atoms with E-state index in [1.807, 2.05) is 31.4 Å². The van der Waals surface area contributed by atoms with Gasteiger partial charge in [0.1, 0.15) is 23.8 Å². The Labute approximate surface area is 168 Å². The van der Waals surface area contributed by atoms with Gasteiger partial charge in [0, 0.05) is 44.1 Å². The Hall–Kier alpha value is -3.36. The van der Waals surface area contributed by atoms with Crippen LogP contribution in [0.1, 0.15) is 27.6 Å². The summed E-state index contributed by atoms with van der Waals surface area (Å²) in [6.07, 6.45) is 4.25. The van der Waals surface area contributed by atoms with Crippen LogP contribution in [0.4, 0.5) is 10.2 Å². The number of hydrogen-bond acceptors (Lipinski definition) is 6. The molecule has 1 amide bonds. The average molecular weight is 395 g/mol. The van der Waals surface area contributed by atoms with Crippen molar-refractivity contribution in [2.24, 2.45) is 0 Å². The number of piperazine rings is 1. The van der Waals surface area contributed by atoms with Crippen molar-refractivity contribution >= 4 is 11.7 Å². The molecule has 1 fully saturated rings. The Morgan fingerprint density at radius 1 is 1.07 bits per heavy atom. The highest BCUT2D eigenvalue weighted by molar-refractivity contribution is 5.94. The van der Waals surface area contributed by atoms with Crippen LogP contribution in [0, 0.1) is 26.6 Å². The van der Waals surface area contributed by atoms with Crippen molar-refractivity contribution in [1.29, 1.82) is 0 Å². The number of anilines is 1. The highest BCUT2D eigenvalue weighted by atomic mass is 19.1. The van der Waals surface area contributed by atoms with E-state index in [4.69, 9.17) is 0 Å². The van der Waals surface area contributed by atoms with Gasteiger partial charge in [-0.1, -0.05) is 0 Å². The number of nitrogens with zero attached hydrogens (tertiary/aromatic N) is 7. The maximum atomic E-state index is 13.9. The number of halogens is 1. The van der Waals surface area contributed by atoms with Gasteiger partial charge >= 0.3 is 0 Å². The molecule has 0 aliphatic carbocycles. The lowest BCUT2D eigenvalue weighted by Crippen LogP contribution is -2.49. The molecule has 0 radical (unpaired) electrons. The van der Waals surface area contributed by atoms with Crippen molar-refractivity contribution in [2.45, 2.75) is 20.8 Å². The fourth-order valence-electron chi connectivity index (χ4n) is 3.41. The Morgan fingerprint density at radius 2 is 1.79 bits per heavy atom. The maximum Gasteiger partial charge on any atom is 0.257 e. The first-order chi connectivity index (χ1) is 13.9. The second-order valence-electron chi connectivity index (χ2n) is 7.05. The summed E-state index contributed by atoms with van der Waals surface area (Å²) in [5.41, 5.74) is 2.04. The molecular weight excluding hydrogens is 373 g/mol. The first-order valence-electron chi connectivity index (χ1n) is 9.44. The molecule has 3 aromatic heterocycles. The van der Waals surface area contributed by atoms with Gasteiger partial charge in [-0.15, -0.1) is 0 Å². The van der Waals surface area contributed by atoms with E-state index < -0.39 is 5.82 Å². The van der Waals surface area contributed by atoms with E-state index in [2.05, 4.69) is 24.8 Å². The molecule has 0 spiro atoms. The third kappa shape index (κ3) is 3.67. The van der Waals surface area contributed by atoms with Crippen molar-refractivity contribution in [2.75, 3.05) is 31.1 Å². The van der Waals surface area contributed by atoms with E-state index in [0.29, 0.717) is 32.0 Å². The number of carbonyl (C=O) groups is 1.